The van der Waals surface area contributed by atoms with Gasteiger partial charge in [-0.25, -0.2) is 9.48 Å². The maximum atomic E-state index is 12.4. The van der Waals surface area contributed by atoms with E-state index in [1.807, 2.05) is 30.3 Å². The minimum absolute atomic E-state index is 0.0486. The van der Waals surface area contributed by atoms with Crippen LogP contribution in [0, 0.1) is 0 Å². The second-order valence-electron chi connectivity index (χ2n) is 7.63. The van der Waals surface area contributed by atoms with Gasteiger partial charge in [-0.3, -0.25) is 14.9 Å². The summed E-state index contributed by atoms with van der Waals surface area (Å²) in [5.74, 6) is -0.0486. The smallest absolute Gasteiger partial charge is 0.411 e. The Balaban J connectivity index is 1.70. The summed E-state index contributed by atoms with van der Waals surface area (Å²) in [6.45, 7) is 3.36. The first-order valence-corrected chi connectivity index (χ1v) is 11.2. The van der Waals surface area contributed by atoms with Gasteiger partial charge in [0.1, 0.15) is 0 Å². The zero-order valence-corrected chi connectivity index (χ0v) is 19.1. The molecule has 4 N–H and O–H groups in total. The molecule has 0 atom stereocenters. The van der Waals surface area contributed by atoms with Gasteiger partial charge in [0.2, 0.25) is 5.91 Å². The van der Waals surface area contributed by atoms with E-state index in [-0.39, 0.29) is 31.0 Å². The standard InChI is InChI=1S/C25H29N5O4/c1-2-34-25(33)28-21-6-3-5-19(15-21)17-30-24(32)12-11-22(29-30)20-9-7-18(8-10-20)16-23(31)27-14-4-13-26/h3,5-12,15H,2,4,13-14,16-17,26H2,1H3,(H,27,31)(H,28,33). The van der Waals surface area contributed by atoms with Crippen LogP contribution in [0.1, 0.15) is 24.5 Å². The van der Waals surface area contributed by atoms with Crippen molar-refractivity contribution in [2.45, 2.75) is 26.3 Å². The van der Waals surface area contributed by atoms with E-state index in [9.17, 15) is 14.4 Å². The van der Waals surface area contributed by atoms with Crippen LogP contribution in [0.5, 0.6) is 0 Å². The molecule has 0 radical (unpaired) electrons. The van der Waals surface area contributed by atoms with Gasteiger partial charge in [0.25, 0.3) is 5.56 Å². The highest BCUT2D eigenvalue weighted by Crippen LogP contribution is 2.17. The fourth-order valence-corrected chi connectivity index (χ4v) is 3.29. The molecule has 3 aromatic rings. The third-order valence-electron chi connectivity index (χ3n) is 4.97. The van der Waals surface area contributed by atoms with Gasteiger partial charge in [0.05, 0.1) is 25.3 Å². The molecule has 0 aliphatic heterocycles. The van der Waals surface area contributed by atoms with Crippen molar-refractivity contribution in [3.8, 4) is 11.3 Å². The van der Waals surface area contributed by atoms with Gasteiger partial charge in [0, 0.05) is 23.9 Å². The minimum Gasteiger partial charge on any atom is -0.450 e. The first-order valence-electron chi connectivity index (χ1n) is 11.2. The monoisotopic (exact) mass is 463 g/mol. The van der Waals surface area contributed by atoms with Gasteiger partial charge in [-0.2, -0.15) is 5.10 Å². The fourth-order valence-electron chi connectivity index (χ4n) is 3.29. The van der Waals surface area contributed by atoms with Gasteiger partial charge < -0.3 is 15.8 Å². The van der Waals surface area contributed by atoms with Crippen LogP contribution in [0.4, 0.5) is 10.5 Å². The Kier molecular flexibility index (Phi) is 8.93. The molecule has 1 heterocycles. The third-order valence-corrected chi connectivity index (χ3v) is 4.97. The Morgan fingerprint density at radius 3 is 2.59 bits per heavy atom. The van der Waals surface area contributed by atoms with Crippen molar-refractivity contribution in [3.63, 3.8) is 0 Å². The Morgan fingerprint density at radius 1 is 1.06 bits per heavy atom. The number of nitrogens with one attached hydrogen (secondary N) is 2. The Bertz CT molecular complexity index is 1170. The van der Waals surface area contributed by atoms with E-state index >= 15 is 0 Å². The molecule has 0 fully saturated rings. The minimum atomic E-state index is -0.534. The molecule has 0 unspecified atom stereocenters. The number of aromatic nitrogens is 2. The normalized spacial score (nSPS) is 10.5. The molecule has 0 bridgehead atoms. The zero-order chi connectivity index (χ0) is 24.3. The number of nitrogens with zero attached hydrogens (tertiary/aromatic N) is 2. The molecule has 0 saturated carbocycles. The van der Waals surface area contributed by atoms with Gasteiger partial charge in [-0.05, 0) is 49.2 Å². The number of carbonyl (C=O) groups excluding carboxylic acids is 2. The molecule has 0 aliphatic rings. The van der Waals surface area contributed by atoms with Crippen molar-refractivity contribution in [1.29, 1.82) is 0 Å². The Hall–Kier alpha value is -3.98. The van der Waals surface area contributed by atoms with E-state index in [0.29, 0.717) is 24.5 Å². The molecular formula is C25H29N5O4. The lowest BCUT2D eigenvalue weighted by Gasteiger charge is -2.10. The summed E-state index contributed by atoms with van der Waals surface area (Å²) >= 11 is 0. The molecule has 2 amide bonds. The third kappa shape index (κ3) is 7.28. The summed E-state index contributed by atoms with van der Waals surface area (Å²) in [6.07, 6.45) is 0.500. The Morgan fingerprint density at radius 2 is 1.85 bits per heavy atom. The lowest BCUT2D eigenvalue weighted by atomic mass is 10.1. The van der Waals surface area contributed by atoms with Crippen LogP contribution in [0.3, 0.4) is 0 Å². The molecule has 3 rings (SSSR count). The molecule has 9 heteroatoms. The summed E-state index contributed by atoms with van der Waals surface area (Å²) < 4.78 is 6.27. The number of nitrogens with two attached hydrogens (primary N) is 1. The number of benzene rings is 2. The van der Waals surface area contributed by atoms with Crippen LogP contribution in [0.2, 0.25) is 0 Å². The highest BCUT2D eigenvalue weighted by atomic mass is 16.5. The number of anilines is 1. The van der Waals surface area contributed by atoms with Gasteiger partial charge in [-0.1, -0.05) is 36.4 Å². The van der Waals surface area contributed by atoms with Crippen molar-refractivity contribution in [3.05, 3.63) is 82.1 Å². The zero-order valence-electron chi connectivity index (χ0n) is 19.1. The highest BCUT2D eigenvalue weighted by Gasteiger charge is 2.08. The number of ether oxygens (including phenoxy) is 1. The molecular weight excluding hydrogens is 434 g/mol. The molecule has 0 spiro atoms. The van der Waals surface area contributed by atoms with Crippen molar-refractivity contribution in [2.75, 3.05) is 25.0 Å². The molecule has 178 valence electrons. The first kappa shape index (κ1) is 24.7. The van der Waals surface area contributed by atoms with Crippen molar-refractivity contribution < 1.29 is 14.3 Å². The number of carbonyl (C=O) groups is 2. The first-order chi connectivity index (χ1) is 16.5. The molecule has 1 aromatic heterocycles. The van der Waals surface area contributed by atoms with Gasteiger partial charge in [0.15, 0.2) is 0 Å². The van der Waals surface area contributed by atoms with Crippen molar-refractivity contribution in [1.82, 2.24) is 15.1 Å². The van der Waals surface area contributed by atoms with Crippen LogP contribution in [-0.4, -0.2) is 41.5 Å². The quantitative estimate of drug-likeness (QED) is 0.397. The van der Waals surface area contributed by atoms with Gasteiger partial charge in [-0.15, -0.1) is 0 Å². The maximum absolute atomic E-state index is 12.4. The van der Waals surface area contributed by atoms with E-state index in [4.69, 9.17) is 10.5 Å². The van der Waals surface area contributed by atoms with Crippen LogP contribution >= 0.6 is 0 Å². The number of amides is 2. The molecule has 2 aromatic carbocycles. The number of rotatable bonds is 10. The molecule has 34 heavy (non-hydrogen) atoms. The summed E-state index contributed by atoms with van der Waals surface area (Å²) in [4.78, 5) is 36.0. The van der Waals surface area contributed by atoms with Crippen LogP contribution in [0.15, 0.2) is 65.5 Å². The van der Waals surface area contributed by atoms with Crippen LogP contribution < -0.4 is 21.9 Å². The Labute approximate surface area is 197 Å². The predicted molar refractivity (Wildman–Crippen MR) is 131 cm³/mol. The second kappa shape index (κ2) is 12.3. The fraction of sp³-hybridized carbons (Fsp3) is 0.280. The SMILES string of the molecule is CCOC(=O)Nc1cccc(Cn2nc(-c3ccc(CC(=O)NCCCN)cc3)ccc2=O)c1. The summed E-state index contributed by atoms with van der Waals surface area (Å²) in [5, 5.41) is 9.99. The van der Waals surface area contributed by atoms with E-state index in [0.717, 1.165) is 23.1 Å². The summed E-state index contributed by atoms with van der Waals surface area (Å²) in [7, 11) is 0. The molecule has 9 nitrogen and oxygen atoms in total. The number of hydrogen-bond acceptors (Lipinski definition) is 6. The highest BCUT2D eigenvalue weighted by molar-refractivity contribution is 5.84. The van der Waals surface area contributed by atoms with E-state index in [1.54, 1.807) is 31.2 Å². The average Bonchev–Trinajstić information content (AvgIpc) is 2.82. The van der Waals surface area contributed by atoms with E-state index in [2.05, 4.69) is 15.7 Å². The predicted octanol–water partition coefficient (Wildman–Crippen LogP) is 2.53. The maximum Gasteiger partial charge on any atom is 0.411 e. The lowest BCUT2D eigenvalue weighted by molar-refractivity contribution is -0.120. The van der Waals surface area contributed by atoms with E-state index < -0.39 is 6.09 Å². The number of hydrogen-bond donors (Lipinski definition) is 3. The van der Waals surface area contributed by atoms with Crippen LogP contribution in [-0.2, 0) is 22.5 Å². The summed E-state index contributed by atoms with van der Waals surface area (Å²) in [5.41, 5.74) is 8.93. The topological polar surface area (TPSA) is 128 Å². The average molecular weight is 464 g/mol. The molecule has 0 saturated heterocycles. The van der Waals surface area contributed by atoms with E-state index in [1.165, 1.54) is 10.7 Å². The van der Waals surface area contributed by atoms with Gasteiger partial charge >= 0.3 is 6.09 Å². The van der Waals surface area contributed by atoms with Crippen LogP contribution in [0.25, 0.3) is 11.3 Å². The second-order valence-corrected chi connectivity index (χ2v) is 7.63. The van der Waals surface area contributed by atoms with Crippen molar-refractivity contribution >= 4 is 17.7 Å². The summed E-state index contributed by atoms with van der Waals surface area (Å²) in [6, 6.07) is 17.8. The lowest BCUT2D eigenvalue weighted by Crippen LogP contribution is -2.27. The largest absolute Gasteiger partial charge is 0.450 e. The molecule has 0 aliphatic carbocycles. The van der Waals surface area contributed by atoms with Crippen molar-refractivity contribution in [2.24, 2.45) is 5.73 Å².